The van der Waals surface area contributed by atoms with Gasteiger partial charge in [-0.15, -0.1) is 0 Å². The van der Waals surface area contributed by atoms with Crippen LogP contribution in [0.2, 0.25) is 0 Å². The van der Waals surface area contributed by atoms with Crippen LogP contribution in [0.15, 0.2) is 35.1 Å². The highest BCUT2D eigenvalue weighted by Crippen LogP contribution is 2.43. The highest BCUT2D eigenvalue weighted by molar-refractivity contribution is 6.06. The highest BCUT2D eigenvalue weighted by atomic mass is 16.6. The van der Waals surface area contributed by atoms with Crippen molar-refractivity contribution in [1.82, 2.24) is 0 Å². The minimum Gasteiger partial charge on any atom is -0.472 e. The molecule has 0 atom stereocenters. The van der Waals surface area contributed by atoms with E-state index in [-0.39, 0.29) is 16.9 Å². The second-order valence-corrected chi connectivity index (χ2v) is 6.23. The molecular formula is C17H17N3O6. The Labute approximate surface area is 148 Å². The Balaban J connectivity index is 2.12. The quantitative estimate of drug-likeness (QED) is 0.658. The number of carbonyl (C=O) groups is 2. The van der Waals surface area contributed by atoms with Crippen molar-refractivity contribution in [1.29, 1.82) is 0 Å². The first-order valence-electron chi connectivity index (χ1n) is 7.91. The Morgan fingerprint density at radius 2 is 2.12 bits per heavy atom. The maximum atomic E-state index is 12.3. The van der Waals surface area contributed by atoms with E-state index in [0.29, 0.717) is 17.8 Å². The molecule has 0 unspecified atom stereocenters. The van der Waals surface area contributed by atoms with Gasteiger partial charge in [-0.1, -0.05) is 0 Å². The summed E-state index contributed by atoms with van der Waals surface area (Å²) in [5.74, 6) is -0.542. The third-order valence-electron chi connectivity index (χ3n) is 4.16. The number of nitro benzene ring substituents is 1. The third-order valence-corrected chi connectivity index (χ3v) is 4.16. The molecule has 0 aliphatic carbocycles. The number of hydrogen-bond acceptors (Lipinski definition) is 6. The second kappa shape index (κ2) is 6.17. The lowest BCUT2D eigenvalue weighted by Crippen LogP contribution is -2.43. The van der Waals surface area contributed by atoms with Crippen molar-refractivity contribution in [3.63, 3.8) is 0 Å². The molecule has 26 heavy (non-hydrogen) atoms. The molecule has 1 aliphatic rings. The maximum Gasteiger partial charge on any atom is 0.415 e. The average Bonchev–Trinajstić information content (AvgIpc) is 3.09. The minimum absolute atomic E-state index is 0.0158. The topological polar surface area (TPSA) is 115 Å². The van der Waals surface area contributed by atoms with Crippen LogP contribution in [-0.2, 0) is 10.3 Å². The molecule has 9 heteroatoms. The Morgan fingerprint density at radius 1 is 1.38 bits per heavy atom. The SMILES string of the molecule is CCN1C(=O)OC(C)(C)c2cc(NC(=O)c3ccoc3)c([N+](=O)[O-])cc21. The number of benzene rings is 1. The van der Waals surface area contributed by atoms with Crippen LogP contribution in [0.4, 0.5) is 21.9 Å². The number of ether oxygens (including phenoxy) is 1. The van der Waals surface area contributed by atoms with E-state index in [2.05, 4.69) is 5.32 Å². The summed E-state index contributed by atoms with van der Waals surface area (Å²) in [7, 11) is 0. The standard InChI is InChI=1S/C17H17N3O6/c1-4-19-13-8-14(20(23)24)12(18-15(21)10-5-6-25-9-10)7-11(13)17(2,3)26-16(19)22/h5-9H,4H2,1-3H3,(H,18,21). The summed E-state index contributed by atoms with van der Waals surface area (Å²) in [5, 5.41) is 14.0. The predicted molar refractivity (Wildman–Crippen MR) is 92.3 cm³/mol. The Morgan fingerprint density at radius 3 is 2.69 bits per heavy atom. The highest BCUT2D eigenvalue weighted by Gasteiger charge is 2.40. The first-order valence-corrected chi connectivity index (χ1v) is 7.91. The molecule has 1 N–H and O–H groups in total. The summed E-state index contributed by atoms with van der Waals surface area (Å²) < 4.78 is 10.3. The summed E-state index contributed by atoms with van der Waals surface area (Å²) in [6.45, 7) is 5.40. The van der Waals surface area contributed by atoms with Crippen LogP contribution in [-0.4, -0.2) is 23.5 Å². The van der Waals surface area contributed by atoms with Crippen LogP contribution in [0.3, 0.4) is 0 Å². The lowest BCUT2D eigenvalue weighted by atomic mass is 9.92. The summed E-state index contributed by atoms with van der Waals surface area (Å²) in [4.78, 5) is 36.6. The van der Waals surface area contributed by atoms with Crippen molar-refractivity contribution >= 4 is 29.1 Å². The molecular weight excluding hydrogens is 342 g/mol. The van der Waals surface area contributed by atoms with E-state index < -0.39 is 22.5 Å². The van der Waals surface area contributed by atoms with Crippen molar-refractivity contribution in [3.8, 4) is 0 Å². The van der Waals surface area contributed by atoms with Gasteiger partial charge in [-0.3, -0.25) is 19.8 Å². The Bertz CT molecular complexity index is 888. The lowest BCUT2D eigenvalue weighted by Gasteiger charge is -2.38. The summed E-state index contributed by atoms with van der Waals surface area (Å²) in [5.41, 5.74) is -0.110. The molecule has 2 heterocycles. The predicted octanol–water partition coefficient (Wildman–Crippen LogP) is 3.65. The number of furan rings is 1. The van der Waals surface area contributed by atoms with Gasteiger partial charge in [0.2, 0.25) is 0 Å². The molecule has 0 spiro atoms. The largest absolute Gasteiger partial charge is 0.472 e. The number of cyclic esters (lactones) is 1. The summed E-state index contributed by atoms with van der Waals surface area (Å²) in [6, 6.07) is 4.21. The number of hydrogen-bond donors (Lipinski definition) is 1. The van der Waals surface area contributed by atoms with E-state index in [4.69, 9.17) is 9.15 Å². The van der Waals surface area contributed by atoms with Crippen molar-refractivity contribution in [2.75, 3.05) is 16.8 Å². The first kappa shape index (κ1) is 17.5. The van der Waals surface area contributed by atoms with E-state index in [0.717, 1.165) is 0 Å². The molecule has 2 amide bonds. The molecule has 1 aromatic heterocycles. The number of nitrogens with one attached hydrogen (secondary N) is 1. The van der Waals surface area contributed by atoms with Gasteiger partial charge < -0.3 is 14.5 Å². The number of rotatable bonds is 4. The molecule has 1 aliphatic heterocycles. The fourth-order valence-corrected chi connectivity index (χ4v) is 2.85. The van der Waals surface area contributed by atoms with Gasteiger partial charge in [-0.05, 0) is 32.9 Å². The van der Waals surface area contributed by atoms with Crippen LogP contribution in [0.25, 0.3) is 0 Å². The molecule has 0 saturated heterocycles. The van der Waals surface area contributed by atoms with E-state index in [9.17, 15) is 19.7 Å². The van der Waals surface area contributed by atoms with Gasteiger partial charge in [0.15, 0.2) is 0 Å². The number of nitro groups is 1. The smallest absolute Gasteiger partial charge is 0.415 e. The van der Waals surface area contributed by atoms with Crippen molar-refractivity contribution in [2.45, 2.75) is 26.4 Å². The average molecular weight is 359 g/mol. The Hall–Kier alpha value is -3.36. The van der Waals surface area contributed by atoms with Crippen LogP contribution in [0.5, 0.6) is 0 Å². The van der Waals surface area contributed by atoms with Crippen molar-refractivity contribution < 1.29 is 23.7 Å². The van der Waals surface area contributed by atoms with Gasteiger partial charge in [0.05, 0.1) is 22.4 Å². The molecule has 1 aromatic carbocycles. The third kappa shape index (κ3) is 2.87. The van der Waals surface area contributed by atoms with Gasteiger partial charge in [-0.25, -0.2) is 4.79 Å². The van der Waals surface area contributed by atoms with E-state index in [1.54, 1.807) is 20.8 Å². The first-order chi connectivity index (χ1) is 12.2. The lowest BCUT2D eigenvalue weighted by molar-refractivity contribution is -0.383. The van der Waals surface area contributed by atoms with Crippen molar-refractivity contribution in [3.05, 3.63) is 52.0 Å². The van der Waals surface area contributed by atoms with Gasteiger partial charge >= 0.3 is 6.09 Å². The van der Waals surface area contributed by atoms with Crippen LogP contribution < -0.4 is 10.2 Å². The zero-order chi connectivity index (χ0) is 19.1. The number of carbonyl (C=O) groups excluding carboxylic acids is 2. The maximum absolute atomic E-state index is 12.3. The summed E-state index contributed by atoms with van der Waals surface area (Å²) >= 11 is 0. The molecule has 0 radical (unpaired) electrons. The zero-order valence-corrected chi connectivity index (χ0v) is 14.4. The number of nitrogens with zero attached hydrogens (tertiary/aromatic N) is 2. The normalized spacial score (nSPS) is 15.2. The van der Waals surface area contributed by atoms with E-state index >= 15 is 0 Å². The van der Waals surface area contributed by atoms with Gasteiger partial charge in [0, 0.05) is 18.2 Å². The summed E-state index contributed by atoms with van der Waals surface area (Å²) in [6.07, 6.45) is 2.00. The van der Waals surface area contributed by atoms with Crippen molar-refractivity contribution in [2.24, 2.45) is 0 Å². The van der Waals surface area contributed by atoms with Crippen LogP contribution >= 0.6 is 0 Å². The van der Waals surface area contributed by atoms with Gasteiger partial charge in [0.1, 0.15) is 17.6 Å². The molecule has 0 fully saturated rings. The van der Waals surface area contributed by atoms with Gasteiger partial charge in [0.25, 0.3) is 11.6 Å². The number of amides is 2. The van der Waals surface area contributed by atoms with Crippen LogP contribution in [0, 0.1) is 10.1 Å². The van der Waals surface area contributed by atoms with E-state index in [1.165, 1.54) is 35.6 Å². The molecule has 0 saturated carbocycles. The van der Waals surface area contributed by atoms with Gasteiger partial charge in [-0.2, -0.15) is 0 Å². The Kier molecular flexibility index (Phi) is 4.15. The fourth-order valence-electron chi connectivity index (χ4n) is 2.85. The minimum atomic E-state index is -0.998. The molecule has 136 valence electrons. The number of anilines is 2. The number of fused-ring (bicyclic) bond motifs is 1. The molecule has 2 aromatic rings. The zero-order valence-electron chi connectivity index (χ0n) is 14.4. The monoisotopic (exact) mass is 359 g/mol. The molecule has 0 bridgehead atoms. The molecule has 9 nitrogen and oxygen atoms in total. The van der Waals surface area contributed by atoms with E-state index in [1.807, 2.05) is 0 Å². The molecule has 3 rings (SSSR count). The second-order valence-electron chi connectivity index (χ2n) is 6.23. The van der Waals surface area contributed by atoms with Crippen LogP contribution in [0.1, 0.15) is 36.7 Å². The fraction of sp³-hybridized carbons (Fsp3) is 0.294.